The molecule has 0 bridgehead atoms. The maximum atomic E-state index is 10.7. The van der Waals surface area contributed by atoms with Gasteiger partial charge < -0.3 is 9.84 Å². The second-order valence-corrected chi connectivity index (χ2v) is 10.9. The van der Waals surface area contributed by atoms with Gasteiger partial charge in [0, 0.05) is 50.9 Å². The monoisotopic (exact) mass is 540 g/mol. The first-order chi connectivity index (χ1) is 19.1. The Morgan fingerprint density at radius 1 is 0.897 bits per heavy atom. The average Bonchev–Trinajstić information content (AvgIpc) is 3.57. The molecule has 2 aromatic heterocycles. The van der Waals surface area contributed by atoms with E-state index >= 15 is 0 Å². The summed E-state index contributed by atoms with van der Waals surface area (Å²) in [6.45, 7) is 7.29. The van der Waals surface area contributed by atoms with Crippen LogP contribution in [0.4, 0.5) is 0 Å². The van der Waals surface area contributed by atoms with E-state index in [0.29, 0.717) is 6.54 Å². The molecule has 1 N–H and O–H groups in total. The number of para-hydroxylation sites is 1. The van der Waals surface area contributed by atoms with Gasteiger partial charge in [0.15, 0.2) is 0 Å². The lowest BCUT2D eigenvalue weighted by Gasteiger charge is -2.35. The smallest absolute Gasteiger partial charge is 0.124 e. The van der Waals surface area contributed by atoms with Crippen LogP contribution in [0.15, 0.2) is 78.9 Å². The zero-order valence-corrected chi connectivity index (χ0v) is 22.8. The number of aliphatic hydroxyl groups is 1. The van der Waals surface area contributed by atoms with Gasteiger partial charge in [-0.15, -0.1) is 11.3 Å². The topological polar surface area (TPSA) is 79.5 Å². The van der Waals surface area contributed by atoms with Crippen molar-refractivity contribution in [2.75, 3.05) is 39.3 Å². The Balaban J connectivity index is 0.971. The number of aromatic nitrogens is 4. The third-order valence-corrected chi connectivity index (χ3v) is 8.08. The van der Waals surface area contributed by atoms with E-state index in [1.165, 1.54) is 0 Å². The molecule has 8 nitrogen and oxygen atoms in total. The summed E-state index contributed by atoms with van der Waals surface area (Å²) in [5.41, 5.74) is 4.97. The molecule has 1 aliphatic heterocycles. The Kier molecular flexibility index (Phi) is 7.64. The number of piperazine rings is 1. The number of ether oxygens (including phenoxy) is 1. The lowest BCUT2D eigenvalue weighted by Crippen LogP contribution is -2.48. The minimum absolute atomic E-state index is 0.253. The van der Waals surface area contributed by atoms with Gasteiger partial charge in [0.1, 0.15) is 29.2 Å². The Hall–Kier alpha value is -3.63. The maximum absolute atomic E-state index is 10.7. The van der Waals surface area contributed by atoms with Crippen LogP contribution in [0.1, 0.15) is 11.4 Å². The van der Waals surface area contributed by atoms with E-state index in [2.05, 4.69) is 27.0 Å². The van der Waals surface area contributed by atoms with E-state index in [0.717, 1.165) is 76.3 Å². The predicted octanol–water partition coefficient (Wildman–Crippen LogP) is 4.41. The van der Waals surface area contributed by atoms with Crippen molar-refractivity contribution >= 4 is 21.6 Å². The fraction of sp³-hybridized carbons (Fsp3) is 0.300. The summed E-state index contributed by atoms with van der Waals surface area (Å²) in [5.74, 6) is 0.732. The van der Waals surface area contributed by atoms with Gasteiger partial charge in [-0.05, 0) is 31.2 Å². The Bertz CT molecular complexity index is 1510. The molecule has 39 heavy (non-hydrogen) atoms. The molecule has 1 saturated heterocycles. The molecule has 0 aliphatic carbocycles. The first kappa shape index (κ1) is 25.6. The highest BCUT2D eigenvalue weighted by Gasteiger charge is 2.21. The largest absolute Gasteiger partial charge is 0.491 e. The quantitative estimate of drug-likeness (QED) is 0.297. The van der Waals surface area contributed by atoms with Crippen molar-refractivity contribution in [3.8, 4) is 22.0 Å². The van der Waals surface area contributed by atoms with Crippen molar-refractivity contribution in [1.82, 2.24) is 29.8 Å². The molecule has 1 fully saturated rings. The molecule has 3 aromatic carbocycles. The van der Waals surface area contributed by atoms with Gasteiger partial charge in [-0.1, -0.05) is 48.5 Å². The number of fused-ring (bicyclic) bond motifs is 1. The van der Waals surface area contributed by atoms with E-state index in [9.17, 15) is 5.11 Å². The molecule has 0 unspecified atom stereocenters. The molecule has 1 aliphatic rings. The summed E-state index contributed by atoms with van der Waals surface area (Å²) in [5, 5.41) is 21.0. The number of β-amino-alcohol motifs (C(OH)–C–C–N with tert-alkyl or cyclic N) is 1. The van der Waals surface area contributed by atoms with Gasteiger partial charge in [0.25, 0.3) is 0 Å². The summed E-state index contributed by atoms with van der Waals surface area (Å²) >= 11 is 1.67. The standard InChI is InChI=1S/C30H32N6O2S/c1-22-28(33-36(32-22)24-10-6-3-7-11-24)20-35-16-14-34(15-17-35)19-25(37)21-38-26-12-13-29-27(18-26)31-30(39-29)23-8-4-2-5-9-23/h2-13,18,25,37H,14-17,19-21H2,1H3/t25-/m0/s1. The van der Waals surface area contributed by atoms with E-state index in [1.54, 1.807) is 16.1 Å². The minimum Gasteiger partial charge on any atom is -0.491 e. The number of hydrogen-bond donors (Lipinski definition) is 1. The maximum Gasteiger partial charge on any atom is 0.124 e. The van der Waals surface area contributed by atoms with Gasteiger partial charge >= 0.3 is 0 Å². The SMILES string of the molecule is Cc1nn(-c2ccccc2)nc1CN1CCN(C[C@H](O)COc2ccc3sc(-c4ccccc4)nc3c2)CC1. The van der Waals surface area contributed by atoms with Crippen LogP contribution in [0.2, 0.25) is 0 Å². The summed E-state index contributed by atoms with van der Waals surface area (Å²) < 4.78 is 7.07. The van der Waals surface area contributed by atoms with Crippen LogP contribution in [0.5, 0.6) is 5.75 Å². The van der Waals surface area contributed by atoms with Crippen LogP contribution in [0.3, 0.4) is 0 Å². The molecule has 9 heteroatoms. The number of hydrogen-bond acceptors (Lipinski definition) is 8. The number of aliphatic hydroxyl groups excluding tert-OH is 1. The van der Waals surface area contributed by atoms with Crippen molar-refractivity contribution in [3.05, 3.63) is 90.3 Å². The normalized spacial score (nSPS) is 15.5. The molecule has 0 amide bonds. The summed E-state index contributed by atoms with van der Waals surface area (Å²) in [7, 11) is 0. The number of thiazole rings is 1. The highest BCUT2D eigenvalue weighted by Crippen LogP contribution is 2.32. The molecule has 3 heterocycles. The van der Waals surface area contributed by atoms with Crippen molar-refractivity contribution in [2.45, 2.75) is 19.6 Å². The molecule has 0 spiro atoms. The molecule has 6 rings (SSSR count). The van der Waals surface area contributed by atoms with Crippen molar-refractivity contribution in [2.24, 2.45) is 0 Å². The van der Waals surface area contributed by atoms with Gasteiger partial charge in [-0.2, -0.15) is 15.0 Å². The lowest BCUT2D eigenvalue weighted by molar-refractivity contribution is 0.0444. The van der Waals surface area contributed by atoms with Crippen molar-refractivity contribution < 1.29 is 9.84 Å². The van der Waals surface area contributed by atoms with E-state index in [-0.39, 0.29) is 6.61 Å². The Morgan fingerprint density at radius 3 is 2.38 bits per heavy atom. The third kappa shape index (κ3) is 6.17. The van der Waals surface area contributed by atoms with E-state index in [4.69, 9.17) is 14.8 Å². The number of rotatable bonds is 9. The Labute approximate surface area is 232 Å². The predicted molar refractivity (Wildman–Crippen MR) is 154 cm³/mol. The van der Waals surface area contributed by atoms with Crippen molar-refractivity contribution in [1.29, 1.82) is 0 Å². The molecule has 1 atom stereocenters. The molecule has 0 radical (unpaired) electrons. The van der Waals surface area contributed by atoms with Gasteiger partial charge in [0.05, 0.1) is 21.6 Å². The van der Waals surface area contributed by atoms with Crippen LogP contribution < -0.4 is 4.74 Å². The first-order valence-corrected chi connectivity index (χ1v) is 14.1. The number of benzene rings is 3. The number of aryl methyl sites for hydroxylation is 1. The average molecular weight is 541 g/mol. The first-order valence-electron chi connectivity index (χ1n) is 13.3. The van der Waals surface area contributed by atoms with E-state index < -0.39 is 6.10 Å². The molecular weight excluding hydrogens is 508 g/mol. The van der Waals surface area contributed by atoms with Crippen molar-refractivity contribution in [3.63, 3.8) is 0 Å². The fourth-order valence-corrected chi connectivity index (χ4v) is 5.77. The molecular formula is C30H32N6O2S. The summed E-state index contributed by atoms with van der Waals surface area (Å²) in [6.07, 6.45) is -0.560. The van der Waals surface area contributed by atoms with E-state index in [1.807, 2.05) is 73.7 Å². The van der Waals surface area contributed by atoms with Crippen LogP contribution in [0.25, 0.3) is 26.5 Å². The van der Waals surface area contributed by atoms with Crippen LogP contribution in [-0.4, -0.2) is 80.3 Å². The highest BCUT2D eigenvalue weighted by molar-refractivity contribution is 7.21. The molecule has 200 valence electrons. The van der Waals surface area contributed by atoms with Crippen LogP contribution in [0, 0.1) is 6.92 Å². The van der Waals surface area contributed by atoms with Gasteiger partial charge in [0.2, 0.25) is 0 Å². The zero-order valence-electron chi connectivity index (χ0n) is 22.0. The van der Waals surface area contributed by atoms with Gasteiger partial charge in [-0.25, -0.2) is 4.98 Å². The second kappa shape index (κ2) is 11.6. The third-order valence-electron chi connectivity index (χ3n) is 6.99. The zero-order chi connectivity index (χ0) is 26.6. The number of nitrogens with zero attached hydrogens (tertiary/aromatic N) is 6. The van der Waals surface area contributed by atoms with Gasteiger partial charge in [-0.3, -0.25) is 9.80 Å². The molecule has 0 saturated carbocycles. The minimum atomic E-state index is -0.560. The highest BCUT2D eigenvalue weighted by atomic mass is 32.1. The van der Waals surface area contributed by atoms with Crippen LogP contribution in [-0.2, 0) is 6.54 Å². The molecule has 5 aromatic rings. The van der Waals surface area contributed by atoms with Crippen LogP contribution >= 0.6 is 11.3 Å². The second-order valence-electron chi connectivity index (χ2n) is 9.91. The lowest BCUT2D eigenvalue weighted by atomic mass is 10.2. The summed E-state index contributed by atoms with van der Waals surface area (Å²) in [4.78, 5) is 11.2. The summed E-state index contributed by atoms with van der Waals surface area (Å²) in [6, 6.07) is 26.2. The fourth-order valence-electron chi connectivity index (χ4n) is 4.82. The Morgan fingerprint density at radius 2 is 1.62 bits per heavy atom.